The van der Waals surface area contributed by atoms with E-state index in [1.54, 1.807) is 7.11 Å². The maximum atomic E-state index is 12.7. The minimum atomic E-state index is -0.562. The van der Waals surface area contributed by atoms with E-state index in [4.69, 9.17) is 4.74 Å². The van der Waals surface area contributed by atoms with Gasteiger partial charge in [0.05, 0.1) is 12.7 Å². The number of methoxy groups -OCH3 is 1. The Kier molecular flexibility index (Phi) is 7.76. The number of ether oxygens (including phenoxy) is 1. The van der Waals surface area contributed by atoms with Crippen molar-refractivity contribution in [3.05, 3.63) is 35.9 Å². The Balaban J connectivity index is 1.70. The SMILES string of the molecule is COCCNC(=O)[C@@H](C)C1CC[C@@]2(C)CC[C@H](NC(=O)c3ccccc3)[C@@H](C)[C@@H]2[C@H]1O. The summed E-state index contributed by atoms with van der Waals surface area (Å²) < 4.78 is 5.01. The number of aliphatic hydroxyl groups is 1. The maximum Gasteiger partial charge on any atom is 0.251 e. The number of carbonyl (C=O) groups is 2. The summed E-state index contributed by atoms with van der Waals surface area (Å²) in [6, 6.07) is 9.29. The van der Waals surface area contributed by atoms with Crippen LogP contribution in [0.1, 0.15) is 56.8 Å². The van der Waals surface area contributed by atoms with E-state index in [-0.39, 0.29) is 46.9 Å². The second-order valence-corrected chi connectivity index (χ2v) is 9.79. The third kappa shape index (κ3) is 5.12. The Morgan fingerprint density at radius 1 is 1.23 bits per heavy atom. The highest BCUT2D eigenvalue weighted by atomic mass is 16.5. The molecule has 2 fully saturated rings. The van der Waals surface area contributed by atoms with Gasteiger partial charge in [-0.2, -0.15) is 0 Å². The lowest BCUT2D eigenvalue weighted by Gasteiger charge is -2.56. The van der Waals surface area contributed by atoms with E-state index in [2.05, 4.69) is 24.5 Å². The summed E-state index contributed by atoms with van der Waals surface area (Å²) in [7, 11) is 1.61. The van der Waals surface area contributed by atoms with Crippen molar-refractivity contribution in [1.29, 1.82) is 0 Å². The molecule has 7 atom stereocenters. The largest absolute Gasteiger partial charge is 0.392 e. The van der Waals surface area contributed by atoms with Crippen molar-refractivity contribution in [2.75, 3.05) is 20.3 Å². The summed E-state index contributed by atoms with van der Waals surface area (Å²) in [6.07, 6.45) is 3.17. The van der Waals surface area contributed by atoms with Gasteiger partial charge in [-0.15, -0.1) is 0 Å². The van der Waals surface area contributed by atoms with Gasteiger partial charge < -0.3 is 20.5 Å². The van der Waals surface area contributed by atoms with Crippen LogP contribution in [0.3, 0.4) is 0 Å². The van der Waals surface area contributed by atoms with Crippen molar-refractivity contribution in [1.82, 2.24) is 10.6 Å². The molecule has 6 heteroatoms. The quantitative estimate of drug-likeness (QED) is 0.581. The number of amides is 2. The van der Waals surface area contributed by atoms with Gasteiger partial charge in [-0.1, -0.05) is 39.0 Å². The van der Waals surface area contributed by atoms with E-state index < -0.39 is 6.10 Å². The molecule has 31 heavy (non-hydrogen) atoms. The standard InChI is InChI=1S/C25H38N2O4/c1-16(23(29)26-14-15-31-4)19-10-12-25(3)13-11-20(17(2)21(25)22(19)28)27-24(30)18-8-6-5-7-9-18/h5-9,16-17,19-22,28H,10-15H2,1-4H3,(H,26,29)(H,27,30)/t16-,17+,19?,20-,21+,22-,25-/m0/s1. The summed E-state index contributed by atoms with van der Waals surface area (Å²) in [5, 5.41) is 17.6. The molecule has 0 heterocycles. The van der Waals surface area contributed by atoms with Crippen LogP contribution in [-0.2, 0) is 9.53 Å². The zero-order valence-electron chi connectivity index (χ0n) is 19.3. The molecular formula is C25H38N2O4. The van der Waals surface area contributed by atoms with Gasteiger partial charge in [-0.25, -0.2) is 0 Å². The molecule has 0 aromatic heterocycles. The van der Waals surface area contributed by atoms with Gasteiger partial charge in [0.2, 0.25) is 5.91 Å². The van der Waals surface area contributed by atoms with Gasteiger partial charge in [0.15, 0.2) is 0 Å². The number of hydrogen-bond acceptors (Lipinski definition) is 4. The second kappa shape index (κ2) is 10.1. The lowest BCUT2D eigenvalue weighted by molar-refractivity contribution is -0.142. The van der Waals surface area contributed by atoms with Crippen LogP contribution in [-0.4, -0.2) is 49.3 Å². The molecule has 172 valence electrons. The minimum Gasteiger partial charge on any atom is -0.392 e. The summed E-state index contributed by atoms with van der Waals surface area (Å²) >= 11 is 0. The van der Waals surface area contributed by atoms with E-state index >= 15 is 0 Å². The summed E-state index contributed by atoms with van der Waals surface area (Å²) in [5.41, 5.74) is 0.696. The highest BCUT2D eigenvalue weighted by Gasteiger charge is 2.53. The van der Waals surface area contributed by atoms with Gasteiger partial charge in [0.25, 0.3) is 5.91 Å². The van der Waals surface area contributed by atoms with Crippen molar-refractivity contribution in [3.63, 3.8) is 0 Å². The van der Waals surface area contributed by atoms with Crippen LogP contribution < -0.4 is 10.6 Å². The fourth-order valence-electron chi connectivity index (χ4n) is 5.97. The fraction of sp³-hybridized carbons (Fsp3) is 0.680. The van der Waals surface area contributed by atoms with Crippen LogP contribution in [0.2, 0.25) is 0 Å². The molecule has 6 nitrogen and oxygen atoms in total. The van der Waals surface area contributed by atoms with E-state index in [1.165, 1.54) is 0 Å². The Labute approximate surface area is 186 Å². The molecule has 1 aromatic carbocycles. The number of rotatable bonds is 7. The van der Waals surface area contributed by atoms with Crippen LogP contribution in [0.15, 0.2) is 30.3 Å². The zero-order valence-corrected chi connectivity index (χ0v) is 19.3. The first-order valence-electron chi connectivity index (χ1n) is 11.6. The summed E-state index contributed by atoms with van der Waals surface area (Å²) in [6.45, 7) is 7.29. The first-order chi connectivity index (χ1) is 14.8. The molecule has 3 rings (SSSR count). The molecule has 3 N–H and O–H groups in total. The molecule has 1 unspecified atom stereocenters. The third-order valence-electron chi connectivity index (χ3n) is 7.90. The smallest absolute Gasteiger partial charge is 0.251 e. The number of nitrogens with one attached hydrogen (secondary N) is 2. The Hall–Kier alpha value is -1.92. The van der Waals surface area contributed by atoms with Crippen molar-refractivity contribution in [2.24, 2.45) is 29.1 Å². The highest BCUT2D eigenvalue weighted by molar-refractivity contribution is 5.94. The van der Waals surface area contributed by atoms with Crippen LogP contribution in [0, 0.1) is 29.1 Å². The van der Waals surface area contributed by atoms with Crippen LogP contribution in [0.25, 0.3) is 0 Å². The van der Waals surface area contributed by atoms with Crippen molar-refractivity contribution in [3.8, 4) is 0 Å². The van der Waals surface area contributed by atoms with Gasteiger partial charge in [0, 0.05) is 31.2 Å². The molecule has 0 bridgehead atoms. The molecule has 2 amide bonds. The number of aliphatic hydroxyl groups excluding tert-OH is 1. The van der Waals surface area contributed by atoms with Crippen LogP contribution in [0.5, 0.6) is 0 Å². The van der Waals surface area contributed by atoms with Gasteiger partial charge >= 0.3 is 0 Å². The molecule has 1 aromatic rings. The predicted molar refractivity (Wildman–Crippen MR) is 120 cm³/mol. The van der Waals surface area contributed by atoms with Crippen molar-refractivity contribution in [2.45, 2.75) is 58.6 Å². The lowest BCUT2D eigenvalue weighted by atomic mass is 9.51. The Morgan fingerprint density at radius 2 is 1.90 bits per heavy atom. The number of fused-ring (bicyclic) bond motifs is 1. The molecule has 0 spiro atoms. The molecule has 0 radical (unpaired) electrons. The average molecular weight is 431 g/mol. The normalized spacial score (nSPS) is 33.8. The molecule has 2 saturated carbocycles. The first-order valence-corrected chi connectivity index (χ1v) is 11.6. The molecule has 2 aliphatic carbocycles. The second-order valence-electron chi connectivity index (χ2n) is 9.79. The number of hydrogen-bond donors (Lipinski definition) is 3. The number of carbonyl (C=O) groups excluding carboxylic acids is 2. The van der Waals surface area contributed by atoms with Gasteiger partial charge in [-0.3, -0.25) is 9.59 Å². The topological polar surface area (TPSA) is 87.7 Å². The first kappa shape index (κ1) is 23.7. The fourth-order valence-corrected chi connectivity index (χ4v) is 5.97. The molecule has 0 saturated heterocycles. The zero-order chi connectivity index (χ0) is 22.6. The van der Waals surface area contributed by atoms with Gasteiger partial charge in [0.1, 0.15) is 0 Å². The minimum absolute atomic E-state index is 0.0185. The van der Waals surface area contributed by atoms with E-state index in [0.29, 0.717) is 18.7 Å². The maximum absolute atomic E-state index is 12.7. The van der Waals surface area contributed by atoms with E-state index in [1.807, 2.05) is 37.3 Å². The Morgan fingerprint density at radius 3 is 2.58 bits per heavy atom. The predicted octanol–water partition coefficient (Wildman–Crippen LogP) is 3.01. The van der Waals surface area contributed by atoms with E-state index in [0.717, 1.165) is 25.7 Å². The highest BCUT2D eigenvalue weighted by Crippen LogP contribution is 2.55. The molecule has 2 aliphatic rings. The third-order valence-corrected chi connectivity index (χ3v) is 7.90. The van der Waals surface area contributed by atoms with Crippen LogP contribution in [0.4, 0.5) is 0 Å². The average Bonchev–Trinajstić information content (AvgIpc) is 2.76. The van der Waals surface area contributed by atoms with Crippen molar-refractivity contribution < 1.29 is 19.4 Å². The Bertz CT molecular complexity index is 755. The molecular weight excluding hydrogens is 392 g/mol. The summed E-state index contributed by atoms with van der Waals surface area (Å²) in [5.74, 6) is -0.242. The monoisotopic (exact) mass is 430 g/mol. The van der Waals surface area contributed by atoms with E-state index in [9.17, 15) is 14.7 Å². The van der Waals surface area contributed by atoms with Gasteiger partial charge in [-0.05, 0) is 61.0 Å². The number of benzene rings is 1. The lowest BCUT2D eigenvalue weighted by Crippen LogP contribution is -2.58. The van der Waals surface area contributed by atoms with Crippen LogP contribution >= 0.6 is 0 Å². The molecule has 0 aliphatic heterocycles. The summed E-state index contributed by atoms with van der Waals surface area (Å²) in [4.78, 5) is 25.3. The van der Waals surface area contributed by atoms with Crippen molar-refractivity contribution >= 4 is 11.8 Å².